The number of amides is 2. The van der Waals surface area contributed by atoms with Crippen molar-refractivity contribution in [2.75, 3.05) is 13.6 Å². The van der Waals surface area contributed by atoms with Gasteiger partial charge in [-0.3, -0.25) is 9.69 Å². The molecule has 112 valence electrons. The SMILES string of the molecule is CCCNC(=O)[C@H](C(C)C)N(C)C(=O)OC(C)(C)C. The van der Waals surface area contributed by atoms with Crippen molar-refractivity contribution < 1.29 is 14.3 Å². The zero-order valence-corrected chi connectivity index (χ0v) is 13.2. The first-order chi connectivity index (χ1) is 8.60. The predicted molar refractivity (Wildman–Crippen MR) is 75.9 cm³/mol. The molecule has 0 unspecified atom stereocenters. The average molecular weight is 272 g/mol. The molecule has 0 spiro atoms. The molecule has 0 heterocycles. The molecule has 0 rings (SSSR count). The summed E-state index contributed by atoms with van der Waals surface area (Å²) < 4.78 is 5.29. The lowest BCUT2D eigenvalue weighted by Gasteiger charge is -2.32. The van der Waals surface area contributed by atoms with Crippen molar-refractivity contribution in [2.45, 2.75) is 59.6 Å². The molecule has 19 heavy (non-hydrogen) atoms. The minimum Gasteiger partial charge on any atom is -0.444 e. The topological polar surface area (TPSA) is 58.6 Å². The Morgan fingerprint density at radius 2 is 1.79 bits per heavy atom. The van der Waals surface area contributed by atoms with Gasteiger partial charge in [0.15, 0.2) is 0 Å². The molecule has 0 aromatic rings. The molecule has 0 fully saturated rings. The Kier molecular flexibility index (Phi) is 6.87. The van der Waals surface area contributed by atoms with Crippen LogP contribution in [-0.4, -0.2) is 42.1 Å². The lowest BCUT2D eigenvalue weighted by Crippen LogP contribution is -2.51. The Balaban J connectivity index is 4.79. The first kappa shape index (κ1) is 17.7. The number of carbonyl (C=O) groups is 2. The highest BCUT2D eigenvalue weighted by Crippen LogP contribution is 2.15. The standard InChI is InChI=1S/C14H28N2O3/c1-8-9-15-12(17)11(10(2)3)16(7)13(18)19-14(4,5)6/h10-11H,8-9H2,1-7H3,(H,15,17)/t11-/m0/s1. The van der Waals surface area contributed by atoms with E-state index >= 15 is 0 Å². The molecule has 1 N–H and O–H groups in total. The summed E-state index contributed by atoms with van der Waals surface area (Å²) >= 11 is 0. The van der Waals surface area contributed by atoms with Crippen molar-refractivity contribution in [1.82, 2.24) is 10.2 Å². The van der Waals surface area contributed by atoms with Crippen molar-refractivity contribution in [1.29, 1.82) is 0 Å². The third-order valence-corrected chi connectivity index (χ3v) is 2.55. The van der Waals surface area contributed by atoms with Crippen molar-refractivity contribution in [3.63, 3.8) is 0 Å². The maximum absolute atomic E-state index is 12.1. The van der Waals surface area contributed by atoms with E-state index in [0.29, 0.717) is 6.54 Å². The van der Waals surface area contributed by atoms with E-state index in [2.05, 4.69) is 5.32 Å². The fourth-order valence-corrected chi connectivity index (χ4v) is 1.73. The Morgan fingerprint density at radius 3 is 2.16 bits per heavy atom. The third kappa shape index (κ3) is 6.45. The highest BCUT2D eigenvalue weighted by Gasteiger charge is 2.32. The number of rotatable bonds is 5. The number of carbonyl (C=O) groups excluding carboxylic acids is 2. The Hall–Kier alpha value is -1.26. The number of nitrogens with one attached hydrogen (secondary N) is 1. The fraction of sp³-hybridized carbons (Fsp3) is 0.857. The molecule has 0 aliphatic rings. The smallest absolute Gasteiger partial charge is 0.410 e. The minimum absolute atomic E-state index is 0.0226. The highest BCUT2D eigenvalue weighted by molar-refractivity contribution is 5.85. The van der Waals surface area contributed by atoms with Crippen LogP contribution in [0.25, 0.3) is 0 Å². The molecular formula is C14H28N2O3. The second kappa shape index (κ2) is 7.36. The summed E-state index contributed by atoms with van der Waals surface area (Å²) in [5, 5.41) is 2.82. The van der Waals surface area contributed by atoms with E-state index in [-0.39, 0.29) is 11.8 Å². The van der Waals surface area contributed by atoms with Gasteiger partial charge >= 0.3 is 6.09 Å². The molecule has 0 aliphatic carbocycles. The quantitative estimate of drug-likeness (QED) is 0.836. The van der Waals surface area contributed by atoms with Gasteiger partial charge in [0.2, 0.25) is 5.91 Å². The molecule has 1 atom stereocenters. The molecule has 0 aromatic carbocycles. The van der Waals surface area contributed by atoms with E-state index in [9.17, 15) is 9.59 Å². The van der Waals surface area contributed by atoms with Gasteiger partial charge in [-0.05, 0) is 33.1 Å². The molecule has 5 nitrogen and oxygen atoms in total. The summed E-state index contributed by atoms with van der Waals surface area (Å²) in [4.78, 5) is 25.5. The Bertz CT molecular complexity index is 308. The van der Waals surface area contributed by atoms with Crippen molar-refractivity contribution in [3.8, 4) is 0 Å². The Labute approximate surface area is 116 Å². The van der Waals surface area contributed by atoms with Crippen LogP contribution in [0.5, 0.6) is 0 Å². The van der Waals surface area contributed by atoms with Crippen LogP contribution in [0, 0.1) is 5.92 Å². The van der Waals surface area contributed by atoms with Crippen LogP contribution < -0.4 is 5.32 Å². The third-order valence-electron chi connectivity index (χ3n) is 2.55. The van der Waals surface area contributed by atoms with E-state index < -0.39 is 17.7 Å². The molecule has 5 heteroatoms. The maximum Gasteiger partial charge on any atom is 0.410 e. The normalized spacial score (nSPS) is 13.1. The van der Waals surface area contributed by atoms with Gasteiger partial charge in [-0.1, -0.05) is 20.8 Å². The lowest BCUT2D eigenvalue weighted by atomic mass is 10.0. The first-order valence-corrected chi connectivity index (χ1v) is 6.83. The van der Waals surface area contributed by atoms with E-state index in [1.807, 2.05) is 20.8 Å². The summed E-state index contributed by atoms with van der Waals surface area (Å²) in [5.74, 6) is -0.111. The van der Waals surface area contributed by atoms with Gasteiger partial charge in [-0.2, -0.15) is 0 Å². The number of hydrogen-bond acceptors (Lipinski definition) is 3. The zero-order valence-electron chi connectivity index (χ0n) is 13.2. The van der Waals surface area contributed by atoms with Crippen LogP contribution in [0.4, 0.5) is 4.79 Å². The van der Waals surface area contributed by atoms with Crippen molar-refractivity contribution >= 4 is 12.0 Å². The number of ether oxygens (including phenoxy) is 1. The molecule has 0 saturated carbocycles. The predicted octanol–water partition coefficient (Wildman–Crippen LogP) is 2.40. The van der Waals surface area contributed by atoms with Gasteiger partial charge in [0.05, 0.1) is 0 Å². The second-order valence-electron chi connectivity index (χ2n) is 6.07. The monoisotopic (exact) mass is 272 g/mol. The van der Waals surface area contributed by atoms with Crippen molar-refractivity contribution in [3.05, 3.63) is 0 Å². The zero-order chi connectivity index (χ0) is 15.2. The average Bonchev–Trinajstić information content (AvgIpc) is 2.23. The van der Waals surface area contributed by atoms with Gasteiger partial charge in [0, 0.05) is 13.6 Å². The molecule has 0 aromatic heterocycles. The van der Waals surface area contributed by atoms with Crippen LogP contribution in [-0.2, 0) is 9.53 Å². The molecule has 0 saturated heterocycles. The van der Waals surface area contributed by atoms with Gasteiger partial charge in [-0.15, -0.1) is 0 Å². The van der Waals surface area contributed by atoms with Crippen LogP contribution >= 0.6 is 0 Å². The number of nitrogens with zero attached hydrogens (tertiary/aromatic N) is 1. The number of likely N-dealkylation sites (N-methyl/N-ethyl adjacent to an activating group) is 1. The highest BCUT2D eigenvalue weighted by atomic mass is 16.6. The number of hydrogen-bond donors (Lipinski definition) is 1. The van der Waals surface area contributed by atoms with E-state index in [1.54, 1.807) is 27.8 Å². The van der Waals surface area contributed by atoms with Crippen molar-refractivity contribution in [2.24, 2.45) is 5.92 Å². The van der Waals surface area contributed by atoms with E-state index in [0.717, 1.165) is 6.42 Å². The summed E-state index contributed by atoms with van der Waals surface area (Å²) in [6.07, 6.45) is 0.394. The van der Waals surface area contributed by atoms with Gasteiger partial charge in [0.1, 0.15) is 11.6 Å². The second-order valence-corrected chi connectivity index (χ2v) is 6.07. The van der Waals surface area contributed by atoms with Gasteiger partial charge in [-0.25, -0.2) is 4.79 Å². The molecule has 2 amide bonds. The Morgan fingerprint density at radius 1 is 1.26 bits per heavy atom. The first-order valence-electron chi connectivity index (χ1n) is 6.83. The molecule has 0 radical (unpaired) electrons. The van der Waals surface area contributed by atoms with E-state index in [1.165, 1.54) is 4.90 Å². The lowest BCUT2D eigenvalue weighted by molar-refractivity contribution is -0.127. The summed E-state index contributed by atoms with van der Waals surface area (Å²) in [5.41, 5.74) is -0.563. The molecular weight excluding hydrogens is 244 g/mol. The molecule has 0 bridgehead atoms. The summed E-state index contributed by atoms with van der Waals surface area (Å²) in [6, 6.07) is -0.513. The summed E-state index contributed by atoms with van der Waals surface area (Å²) in [7, 11) is 1.60. The van der Waals surface area contributed by atoms with Crippen LogP contribution in [0.2, 0.25) is 0 Å². The molecule has 0 aliphatic heterocycles. The van der Waals surface area contributed by atoms with Gasteiger partial charge in [0.25, 0.3) is 0 Å². The maximum atomic E-state index is 12.1. The van der Waals surface area contributed by atoms with Crippen LogP contribution in [0.3, 0.4) is 0 Å². The van der Waals surface area contributed by atoms with Gasteiger partial charge < -0.3 is 10.1 Å². The minimum atomic E-state index is -0.563. The largest absolute Gasteiger partial charge is 0.444 e. The fourth-order valence-electron chi connectivity index (χ4n) is 1.73. The van der Waals surface area contributed by atoms with Crippen LogP contribution in [0.15, 0.2) is 0 Å². The summed E-state index contributed by atoms with van der Waals surface area (Å²) in [6.45, 7) is 11.8. The van der Waals surface area contributed by atoms with E-state index in [4.69, 9.17) is 4.74 Å². The van der Waals surface area contributed by atoms with Crippen LogP contribution in [0.1, 0.15) is 48.0 Å².